The van der Waals surface area contributed by atoms with Crippen LogP contribution < -0.4 is 0 Å². The lowest BCUT2D eigenvalue weighted by Crippen LogP contribution is -2.06. The molecular formula is C11H11NO4. The number of hydrogen-bond acceptors (Lipinski definition) is 5. The van der Waals surface area contributed by atoms with Gasteiger partial charge in [0.2, 0.25) is 0 Å². The average Bonchev–Trinajstić information content (AvgIpc) is 2.28. The van der Waals surface area contributed by atoms with Crippen LogP contribution in [0.1, 0.15) is 28.4 Å². The maximum absolute atomic E-state index is 11.4. The van der Waals surface area contributed by atoms with Crippen LogP contribution in [0.3, 0.4) is 0 Å². The van der Waals surface area contributed by atoms with Crippen molar-refractivity contribution in [1.82, 2.24) is 0 Å². The van der Waals surface area contributed by atoms with Gasteiger partial charge in [-0.1, -0.05) is 0 Å². The SMILES string of the molecule is CCOC(=O)c1cc(CO)c(C#N)cc1O. The van der Waals surface area contributed by atoms with Crippen LogP contribution >= 0.6 is 0 Å². The minimum Gasteiger partial charge on any atom is -0.507 e. The number of ether oxygens (including phenoxy) is 1. The molecule has 16 heavy (non-hydrogen) atoms. The molecular weight excluding hydrogens is 210 g/mol. The lowest BCUT2D eigenvalue weighted by atomic mass is 10.0. The van der Waals surface area contributed by atoms with Crippen LogP contribution in [-0.4, -0.2) is 22.8 Å². The molecule has 1 aromatic rings. The predicted molar refractivity (Wildman–Crippen MR) is 54.7 cm³/mol. The van der Waals surface area contributed by atoms with Crippen LogP contribution in [0.25, 0.3) is 0 Å². The monoisotopic (exact) mass is 221 g/mol. The molecule has 0 radical (unpaired) electrons. The Morgan fingerprint density at radius 2 is 2.25 bits per heavy atom. The zero-order chi connectivity index (χ0) is 12.1. The van der Waals surface area contributed by atoms with Gasteiger partial charge >= 0.3 is 5.97 Å². The molecule has 1 aromatic carbocycles. The van der Waals surface area contributed by atoms with Crippen molar-refractivity contribution >= 4 is 5.97 Å². The molecule has 0 bridgehead atoms. The zero-order valence-electron chi connectivity index (χ0n) is 8.73. The normalized spacial score (nSPS) is 9.56. The highest BCUT2D eigenvalue weighted by Crippen LogP contribution is 2.23. The number of aliphatic hydroxyl groups is 1. The number of nitrogens with zero attached hydrogens (tertiary/aromatic N) is 1. The number of phenolic OH excluding ortho intramolecular Hbond substituents is 1. The molecule has 84 valence electrons. The molecule has 0 saturated carbocycles. The van der Waals surface area contributed by atoms with Crippen LogP contribution in [0.5, 0.6) is 5.75 Å². The van der Waals surface area contributed by atoms with E-state index in [0.717, 1.165) is 6.07 Å². The van der Waals surface area contributed by atoms with Gasteiger partial charge in [-0.2, -0.15) is 5.26 Å². The second kappa shape index (κ2) is 5.14. The summed E-state index contributed by atoms with van der Waals surface area (Å²) in [6, 6.07) is 4.21. The molecule has 2 N–H and O–H groups in total. The zero-order valence-corrected chi connectivity index (χ0v) is 8.73. The Kier molecular flexibility index (Phi) is 3.86. The molecule has 0 aliphatic heterocycles. The lowest BCUT2D eigenvalue weighted by molar-refractivity contribution is 0.0523. The van der Waals surface area contributed by atoms with Crippen molar-refractivity contribution in [1.29, 1.82) is 5.26 Å². The third-order valence-electron chi connectivity index (χ3n) is 2.01. The minimum atomic E-state index is -0.681. The number of aliphatic hydroxyl groups excluding tert-OH is 1. The Balaban J connectivity index is 3.22. The first kappa shape index (κ1) is 12.0. The van der Waals surface area contributed by atoms with Gasteiger partial charge in [0.15, 0.2) is 0 Å². The molecule has 5 nitrogen and oxygen atoms in total. The lowest BCUT2D eigenvalue weighted by Gasteiger charge is -2.07. The quantitative estimate of drug-likeness (QED) is 0.741. The largest absolute Gasteiger partial charge is 0.507 e. The van der Waals surface area contributed by atoms with E-state index in [1.165, 1.54) is 6.07 Å². The molecule has 0 spiro atoms. The van der Waals surface area contributed by atoms with E-state index < -0.39 is 5.97 Å². The van der Waals surface area contributed by atoms with Gasteiger partial charge < -0.3 is 14.9 Å². The molecule has 0 unspecified atom stereocenters. The Morgan fingerprint density at radius 3 is 2.75 bits per heavy atom. The summed E-state index contributed by atoms with van der Waals surface area (Å²) in [6.45, 7) is 1.45. The first-order valence-corrected chi connectivity index (χ1v) is 4.68. The summed E-state index contributed by atoms with van der Waals surface area (Å²) in [4.78, 5) is 11.4. The number of carbonyl (C=O) groups excluding carboxylic acids is 1. The van der Waals surface area contributed by atoms with Gasteiger partial charge in [-0.15, -0.1) is 0 Å². The first-order chi connectivity index (χ1) is 7.63. The number of rotatable bonds is 3. The molecule has 0 saturated heterocycles. The molecule has 0 atom stereocenters. The number of aromatic hydroxyl groups is 1. The fourth-order valence-corrected chi connectivity index (χ4v) is 1.24. The molecule has 5 heteroatoms. The molecule has 0 aliphatic carbocycles. The van der Waals surface area contributed by atoms with Gasteiger partial charge in [-0.3, -0.25) is 0 Å². The Morgan fingerprint density at radius 1 is 1.56 bits per heavy atom. The number of hydrogen-bond donors (Lipinski definition) is 2. The fourth-order valence-electron chi connectivity index (χ4n) is 1.24. The van der Waals surface area contributed by atoms with E-state index >= 15 is 0 Å². The van der Waals surface area contributed by atoms with Crippen molar-refractivity contribution in [3.05, 3.63) is 28.8 Å². The summed E-state index contributed by atoms with van der Waals surface area (Å²) < 4.78 is 4.72. The summed E-state index contributed by atoms with van der Waals surface area (Å²) in [5, 5.41) is 27.2. The van der Waals surface area contributed by atoms with Crippen molar-refractivity contribution < 1.29 is 19.7 Å². The topological polar surface area (TPSA) is 90.5 Å². The number of benzene rings is 1. The number of carbonyl (C=O) groups is 1. The van der Waals surface area contributed by atoms with Crippen molar-refractivity contribution in [2.75, 3.05) is 6.61 Å². The first-order valence-electron chi connectivity index (χ1n) is 4.68. The van der Waals surface area contributed by atoms with Gasteiger partial charge in [0, 0.05) is 0 Å². The van der Waals surface area contributed by atoms with Gasteiger partial charge in [-0.25, -0.2) is 4.79 Å². The molecule has 0 fully saturated rings. The second-order valence-corrected chi connectivity index (χ2v) is 3.02. The van der Waals surface area contributed by atoms with E-state index in [0.29, 0.717) is 0 Å². The summed E-state index contributed by atoms with van der Waals surface area (Å²) >= 11 is 0. The van der Waals surface area contributed by atoms with Crippen molar-refractivity contribution in [2.45, 2.75) is 13.5 Å². The smallest absolute Gasteiger partial charge is 0.341 e. The van der Waals surface area contributed by atoms with Crippen molar-refractivity contribution in [3.8, 4) is 11.8 Å². The highest BCUT2D eigenvalue weighted by molar-refractivity contribution is 5.93. The van der Waals surface area contributed by atoms with E-state index in [2.05, 4.69) is 0 Å². The summed E-state index contributed by atoms with van der Waals surface area (Å²) in [7, 11) is 0. The Bertz CT molecular complexity index is 448. The van der Waals surface area contributed by atoms with Gasteiger partial charge in [-0.05, 0) is 24.6 Å². The van der Waals surface area contributed by atoms with Crippen LogP contribution in [0, 0.1) is 11.3 Å². The van der Waals surface area contributed by atoms with Gasteiger partial charge in [0.1, 0.15) is 11.3 Å². The summed E-state index contributed by atoms with van der Waals surface area (Å²) in [5.74, 6) is -1.01. The van der Waals surface area contributed by atoms with E-state index in [4.69, 9.17) is 15.1 Å². The molecule has 0 aliphatic rings. The van der Waals surface area contributed by atoms with Crippen LogP contribution in [-0.2, 0) is 11.3 Å². The average molecular weight is 221 g/mol. The summed E-state index contributed by atoms with van der Waals surface area (Å²) in [5.41, 5.74) is 0.362. The molecule has 0 amide bonds. The van der Waals surface area contributed by atoms with Crippen LogP contribution in [0.2, 0.25) is 0 Å². The third kappa shape index (κ3) is 2.30. The van der Waals surface area contributed by atoms with Gasteiger partial charge in [0.25, 0.3) is 0 Å². The molecule has 1 rings (SSSR count). The maximum atomic E-state index is 11.4. The minimum absolute atomic E-state index is 0.0510. The summed E-state index contributed by atoms with van der Waals surface area (Å²) in [6.07, 6.45) is 0. The highest BCUT2D eigenvalue weighted by atomic mass is 16.5. The Hall–Kier alpha value is -2.06. The number of phenols is 1. The highest BCUT2D eigenvalue weighted by Gasteiger charge is 2.15. The second-order valence-electron chi connectivity index (χ2n) is 3.02. The van der Waals surface area contributed by atoms with E-state index in [9.17, 15) is 9.90 Å². The predicted octanol–water partition coefficient (Wildman–Crippen LogP) is 0.933. The van der Waals surface area contributed by atoms with Crippen molar-refractivity contribution in [2.24, 2.45) is 0 Å². The van der Waals surface area contributed by atoms with E-state index in [1.807, 2.05) is 6.07 Å². The Labute approximate surface area is 92.5 Å². The third-order valence-corrected chi connectivity index (χ3v) is 2.01. The maximum Gasteiger partial charge on any atom is 0.341 e. The number of esters is 1. The van der Waals surface area contributed by atoms with Crippen molar-refractivity contribution in [3.63, 3.8) is 0 Å². The fraction of sp³-hybridized carbons (Fsp3) is 0.273. The number of nitriles is 1. The molecule has 0 heterocycles. The molecule has 0 aromatic heterocycles. The van der Waals surface area contributed by atoms with E-state index in [-0.39, 0.29) is 35.7 Å². The van der Waals surface area contributed by atoms with Crippen LogP contribution in [0.4, 0.5) is 0 Å². The van der Waals surface area contributed by atoms with E-state index in [1.54, 1.807) is 6.92 Å². The standard InChI is InChI=1S/C11H11NO4/c1-2-16-11(15)9-3-8(6-13)7(5-12)4-10(9)14/h3-4,13-14H,2,6H2,1H3. The van der Waals surface area contributed by atoms with Crippen LogP contribution in [0.15, 0.2) is 12.1 Å². The van der Waals surface area contributed by atoms with Gasteiger partial charge in [0.05, 0.1) is 24.8 Å².